The van der Waals surface area contributed by atoms with Crippen LogP contribution in [0.3, 0.4) is 0 Å². The van der Waals surface area contributed by atoms with Crippen LogP contribution < -0.4 is 5.73 Å². The van der Waals surface area contributed by atoms with E-state index in [1.165, 1.54) is 0 Å². The highest BCUT2D eigenvalue weighted by molar-refractivity contribution is 5.84. The molecule has 0 radical (unpaired) electrons. The number of amides is 1. The number of nitriles is 1. The Morgan fingerprint density at radius 3 is 2.04 bits per heavy atom. The molecule has 1 amide bonds. The van der Waals surface area contributed by atoms with Gasteiger partial charge < -0.3 is 15.7 Å². The maximum atomic E-state index is 12.7. The molecule has 1 saturated carbocycles. The maximum absolute atomic E-state index is 12.7. The van der Waals surface area contributed by atoms with E-state index < -0.39 is 18.2 Å². The zero-order valence-corrected chi connectivity index (χ0v) is 15.2. The molecule has 0 spiro atoms. The van der Waals surface area contributed by atoms with Crippen molar-refractivity contribution in [3.63, 3.8) is 0 Å². The van der Waals surface area contributed by atoms with Gasteiger partial charge in [-0.25, -0.2) is 4.79 Å². The second kappa shape index (κ2) is 8.25. The first-order chi connectivity index (χ1) is 12.0. The molecule has 0 bridgehead atoms. The molecule has 6 nitrogen and oxygen atoms in total. The molecule has 0 unspecified atom stereocenters. The number of carboxylic acid groups (broad SMARTS) is 1. The van der Waals surface area contributed by atoms with Crippen molar-refractivity contribution >= 4 is 11.9 Å². The van der Waals surface area contributed by atoms with Gasteiger partial charge in [0.25, 0.3) is 0 Å². The Kier molecular flexibility index (Phi) is 7.05. The molecule has 1 aliphatic heterocycles. The summed E-state index contributed by atoms with van der Waals surface area (Å²) in [6.45, 7) is 6.31. The van der Waals surface area contributed by atoms with Crippen LogP contribution in [-0.4, -0.2) is 46.2 Å². The number of hydrogen-bond acceptors (Lipinski definition) is 4. The molecular weight excluding hydrogens is 351 g/mol. The Labute approximate surface area is 151 Å². The minimum atomic E-state index is -5.08. The van der Waals surface area contributed by atoms with Crippen LogP contribution in [0.5, 0.6) is 0 Å². The van der Waals surface area contributed by atoms with Crippen LogP contribution in [0.15, 0.2) is 0 Å². The fourth-order valence-electron chi connectivity index (χ4n) is 3.72. The summed E-state index contributed by atoms with van der Waals surface area (Å²) in [4.78, 5) is 23.4. The van der Waals surface area contributed by atoms with E-state index in [0.717, 1.165) is 32.1 Å². The number of nitrogens with two attached hydrogens (primary N) is 1. The Morgan fingerprint density at radius 1 is 1.23 bits per heavy atom. The van der Waals surface area contributed by atoms with Gasteiger partial charge >= 0.3 is 12.1 Å². The van der Waals surface area contributed by atoms with Gasteiger partial charge in [-0.15, -0.1) is 0 Å². The summed E-state index contributed by atoms with van der Waals surface area (Å²) < 4.78 is 31.7. The van der Waals surface area contributed by atoms with E-state index in [9.17, 15) is 23.2 Å². The maximum Gasteiger partial charge on any atom is 0.490 e. The van der Waals surface area contributed by atoms with Gasteiger partial charge in [0.2, 0.25) is 5.91 Å². The van der Waals surface area contributed by atoms with E-state index in [-0.39, 0.29) is 17.4 Å². The molecule has 4 atom stereocenters. The second-order valence-electron chi connectivity index (χ2n) is 6.89. The lowest BCUT2D eigenvalue weighted by Gasteiger charge is -2.38. The van der Waals surface area contributed by atoms with Crippen LogP contribution >= 0.6 is 0 Å². The fraction of sp³-hybridized carbons (Fsp3) is 0.824. The van der Waals surface area contributed by atoms with Crippen LogP contribution in [0.4, 0.5) is 13.2 Å². The van der Waals surface area contributed by atoms with Crippen LogP contribution in [0.2, 0.25) is 0 Å². The van der Waals surface area contributed by atoms with Gasteiger partial charge in [0.05, 0.1) is 12.1 Å². The number of hydrogen-bond donors (Lipinski definition) is 2. The van der Waals surface area contributed by atoms with Crippen LogP contribution in [0, 0.1) is 22.7 Å². The average Bonchev–Trinajstić information content (AvgIpc) is 3.26. The van der Waals surface area contributed by atoms with Crippen LogP contribution in [0.25, 0.3) is 0 Å². The zero-order valence-electron chi connectivity index (χ0n) is 15.2. The monoisotopic (exact) mass is 377 g/mol. The van der Waals surface area contributed by atoms with Gasteiger partial charge in [-0.3, -0.25) is 4.79 Å². The van der Waals surface area contributed by atoms with Crippen molar-refractivity contribution < 1.29 is 27.9 Å². The van der Waals surface area contributed by atoms with Gasteiger partial charge in [-0.05, 0) is 43.4 Å². The van der Waals surface area contributed by atoms with Crippen LogP contribution in [0.1, 0.15) is 52.9 Å². The molecule has 1 heterocycles. The molecular formula is C17H26F3N3O3. The number of nitrogens with zero attached hydrogens (tertiary/aromatic N) is 2. The van der Waals surface area contributed by atoms with Crippen molar-refractivity contribution in [1.82, 2.24) is 4.90 Å². The normalized spacial score (nSPS) is 25.5. The van der Waals surface area contributed by atoms with Crippen LogP contribution in [-0.2, 0) is 9.59 Å². The first-order valence-electron chi connectivity index (χ1n) is 8.76. The highest BCUT2D eigenvalue weighted by atomic mass is 19.4. The third-order valence-corrected chi connectivity index (χ3v) is 5.79. The topological polar surface area (TPSA) is 107 Å². The van der Waals surface area contributed by atoms with E-state index in [1.807, 2.05) is 0 Å². The first-order valence-corrected chi connectivity index (χ1v) is 8.76. The summed E-state index contributed by atoms with van der Waals surface area (Å²) in [7, 11) is 0. The highest BCUT2D eigenvalue weighted by Crippen LogP contribution is 2.48. The van der Waals surface area contributed by atoms with Crippen molar-refractivity contribution in [2.45, 2.75) is 77.2 Å². The summed E-state index contributed by atoms with van der Waals surface area (Å²) in [5.41, 5.74) is 6.18. The number of aliphatic carboxylic acids is 1. The van der Waals surface area contributed by atoms with E-state index in [1.54, 1.807) is 4.90 Å². The number of rotatable bonds is 5. The zero-order chi connectivity index (χ0) is 20.3. The number of halogens is 3. The summed E-state index contributed by atoms with van der Waals surface area (Å²) in [6, 6.07) is 1.85. The van der Waals surface area contributed by atoms with E-state index >= 15 is 0 Å². The smallest absolute Gasteiger partial charge is 0.475 e. The molecule has 2 aliphatic rings. The summed E-state index contributed by atoms with van der Waals surface area (Å²) in [5, 5.41) is 16.3. The van der Waals surface area contributed by atoms with Crippen molar-refractivity contribution in [3.8, 4) is 6.07 Å². The highest BCUT2D eigenvalue weighted by Gasteiger charge is 2.56. The molecule has 26 heavy (non-hydrogen) atoms. The van der Waals surface area contributed by atoms with E-state index in [2.05, 4.69) is 26.8 Å². The number of alkyl halides is 3. The first kappa shape index (κ1) is 22.2. The lowest BCUT2D eigenvalue weighted by atomic mass is 9.73. The third kappa shape index (κ3) is 4.47. The number of likely N-dealkylation sites (tertiary alicyclic amines) is 1. The SMILES string of the molecule is CCC(CC)(CC)[C@H](N)C(=O)N1[C@H](C#N)C[C@@H]2C[C@@H]21.O=C(O)C(F)(F)F. The van der Waals surface area contributed by atoms with Gasteiger partial charge in [0.15, 0.2) is 0 Å². The summed E-state index contributed by atoms with van der Waals surface area (Å²) in [5.74, 6) is -2.20. The quantitative estimate of drug-likeness (QED) is 0.766. The van der Waals surface area contributed by atoms with Crippen molar-refractivity contribution in [1.29, 1.82) is 5.26 Å². The molecule has 0 aromatic carbocycles. The van der Waals surface area contributed by atoms with E-state index in [4.69, 9.17) is 15.6 Å². The number of piperidine rings is 1. The number of carboxylic acids is 1. The lowest BCUT2D eigenvalue weighted by Crippen LogP contribution is -2.54. The minimum Gasteiger partial charge on any atom is -0.475 e. The Morgan fingerprint density at radius 2 is 1.69 bits per heavy atom. The Balaban J connectivity index is 0.000000412. The number of carbonyl (C=O) groups is 2. The molecule has 0 aromatic heterocycles. The minimum absolute atomic E-state index is 0.00194. The second-order valence-corrected chi connectivity index (χ2v) is 6.89. The molecule has 148 valence electrons. The van der Waals surface area contributed by atoms with Gasteiger partial charge in [0, 0.05) is 6.04 Å². The summed E-state index contributed by atoms with van der Waals surface area (Å²) in [6.07, 6.45) is -0.449. The molecule has 2 rings (SSSR count). The number of fused-ring (bicyclic) bond motifs is 1. The number of carbonyl (C=O) groups excluding carboxylic acids is 1. The fourth-order valence-corrected chi connectivity index (χ4v) is 3.72. The largest absolute Gasteiger partial charge is 0.490 e. The van der Waals surface area contributed by atoms with Gasteiger partial charge in [-0.2, -0.15) is 18.4 Å². The predicted octanol–water partition coefficient (Wildman–Crippen LogP) is 2.68. The lowest BCUT2D eigenvalue weighted by molar-refractivity contribution is -0.192. The molecule has 3 N–H and O–H groups in total. The predicted molar refractivity (Wildman–Crippen MR) is 87.7 cm³/mol. The Hall–Kier alpha value is -1.82. The van der Waals surface area contributed by atoms with Gasteiger partial charge in [-0.1, -0.05) is 20.8 Å². The Bertz CT molecular complexity index is 562. The van der Waals surface area contributed by atoms with Crippen molar-refractivity contribution in [3.05, 3.63) is 0 Å². The van der Waals surface area contributed by atoms with Crippen molar-refractivity contribution in [2.75, 3.05) is 0 Å². The molecule has 9 heteroatoms. The standard InChI is InChI=1S/C15H25N3O.C2HF3O2/c1-4-15(5-2,6-3)13(17)14(19)18-11(9-16)7-10-8-12(10)18;3-2(4,5)1(6)7/h10-13H,4-8,17H2,1-3H3;(H,6,7)/t10-,11+,12+,13-;/m1./s1. The van der Waals surface area contributed by atoms with Crippen molar-refractivity contribution in [2.24, 2.45) is 17.1 Å². The van der Waals surface area contributed by atoms with Gasteiger partial charge in [0.1, 0.15) is 6.04 Å². The molecule has 1 saturated heterocycles. The molecule has 2 fully saturated rings. The molecule has 1 aliphatic carbocycles. The van der Waals surface area contributed by atoms with E-state index in [0.29, 0.717) is 12.0 Å². The third-order valence-electron chi connectivity index (χ3n) is 5.79. The molecule has 0 aromatic rings. The summed E-state index contributed by atoms with van der Waals surface area (Å²) >= 11 is 0. The average molecular weight is 377 g/mol.